The van der Waals surface area contributed by atoms with E-state index >= 15 is 0 Å². The van der Waals surface area contributed by atoms with Crippen molar-refractivity contribution in [3.05, 3.63) is 57.2 Å². The minimum atomic E-state index is 0.0501. The summed E-state index contributed by atoms with van der Waals surface area (Å²) in [4.78, 5) is 15.5. The van der Waals surface area contributed by atoms with E-state index in [0.29, 0.717) is 15.8 Å². The van der Waals surface area contributed by atoms with Gasteiger partial charge in [0.15, 0.2) is 5.43 Å². The molecule has 0 aliphatic heterocycles. The van der Waals surface area contributed by atoms with Crippen molar-refractivity contribution in [3.8, 4) is 0 Å². The molecule has 0 saturated heterocycles. The van der Waals surface area contributed by atoms with Crippen LogP contribution in [-0.2, 0) is 0 Å². The van der Waals surface area contributed by atoms with Gasteiger partial charge >= 0.3 is 0 Å². The van der Waals surface area contributed by atoms with Crippen molar-refractivity contribution in [1.82, 2.24) is 4.98 Å². The molecule has 0 atom stereocenters. The van der Waals surface area contributed by atoms with Crippen molar-refractivity contribution < 1.29 is 0 Å². The maximum Gasteiger partial charge on any atom is 0.197 e. The Morgan fingerprint density at radius 2 is 1.82 bits per heavy atom. The zero-order valence-electron chi connectivity index (χ0n) is 9.25. The minimum absolute atomic E-state index is 0.0501. The molecule has 2 nitrogen and oxygen atoms in total. The molecular weight excluding hydrogens is 234 g/mol. The topological polar surface area (TPSA) is 32.9 Å². The van der Waals surface area contributed by atoms with E-state index in [2.05, 4.69) is 4.98 Å². The molecular formula is C14H10ClNO. The molecule has 0 radical (unpaired) electrons. The number of H-pyrrole nitrogens is 1. The first kappa shape index (κ1) is 10.4. The Balaban J connectivity index is 2.60. The van der Waals surface area contributed by atoms with Gasteiger partial charge in [-0.2, -0.15) is 0 Å². The Kier molecular flexibility index (Phi) is 2.20. The Labute approximate surface area is 103 Å². The summed E-state index contributed by atoms with van der Waals surface area (Å²) in [5.74, 6) is 0. The summed E-state index contributed by atoms with van der Waals surface area (Å²) >= 11 is 6.07. The lowest BCUT2D eigenvalue weighted by Gasteiger charge is -2.04. The summed E-state index contributed by atoms with van der Waals surface area (Å²) in [5.41, 5.74) is 2.59. The molecule has 3 heteroatoms. The van der Waals surface area contributed by atoms with Gasteiger partial charge in [-0.25, -0.2) is 0 Å². The highest BCUT2D eigenvalue weighted by molar-refractivity contribution is 6.32. The first-order chi connectivity index (χ1) is 8.16. The summed E-state index contributed by atoms with van der Waals surface area (Å²) in [5, 5.41) is 2.07. The molecule has 2 aromatic carbocycles. The van der Waals surface area contributed by atoms with Crippen LogP contribution in [0.5, 0.6) is 0 Å². The van der Waals surface area contributed by atoms with Crippen LogP contribution in [-0.4, -0.2) is 4.98 Å². The van der Waals surface area contributed by atoms with Gasteiger partial charge in [-0.05, 0) is 36.8 Å². The van der Waals surface area contributed by atoms with E-state index in [1.807, 2.05) is 37.3 Å². The second-order valence-corrected chi connectivity index (χ2v) is 4.55. The van der Waals surface area contributed by atoms with Crippen molar-refractivity contribution in [1.29, 1.82) is 0 Å². The van der Waals surface area contributed by atoms with Crippen molar-refractivity contribution >= 4 is 33.4 Å². The van der Waals surface area contributed by atoms with Gasteiger partial charge in [0.2, 0.25) is 0 Å². The lowest BCUT2D eigenvalue weighted by Crippen LogP contribution is -2.04. The lowest BCUT2D eigenvalue weighted by atomic mass is 10.1. The van der Waals surface area contributed by atoms with E-state index in [-0.39, 0.29) is 5.43 Å². The fraction of sp³-hybridized carbons (Fsp3) is 0.0714. The van der Waals surface area contributed by atoms with Crippen molar-refractivity contribution in [2.24, 2.45) is 0 Å². The molecule has 1 N–H and O–H groups in total. The van der Waals surface area contributed by atoms with E-state index in [1.165, 1.54) is 0 Å². The second kappa shape index (κ2) is 3.60. The Hall–Kier alpha value is -1.80. The molecule has 84 valence electrons. The zero-order valence-corrected chi connectivity index (χ0v) is 10.0. The first-order valence-corrected chi connectivity index (χ1v) is 5.75. The quantitative estimate of drug-likeness (QED) is 0.601. The third-order valence-corrected chi connectivity index (χ3v) is 3.39. The largest absolute Gasteiger partial charge is 0.354 e. The number of hydrogen-bond acceptors (Lipinski definition) is 1. The zero-order chi connectivity index (χ0) is 12.0. The molecule has 0 aliphatic rings. The standard InChI is InChI=1S/C14H10ClNO/c1-8-6-10-13(7-11(8)15)16-12-5-3-2-4-9(12)14(10)17/h2-7H,1H3,(H,16,17). The van der Waals surface area contributed by atoms with E-state index < -0.39 is 0 Å². The molecule has 0 unspecified atom stereocenters. The number of nitrogens with one attached hydrogen (secondary N) is 1. The smallest absolute Gasteiger partial charge is 0.197 e. The summed E-state index contributed by atoms with van der Waals surface area (Å²) in [6, 6.07) is 11.1. The molecule has 1 heterocycles. The number of aryl methyl sites for hydroxylation is 1. The molecule has 0 fully saturated rings. The van der Waals surface area contributed by atoms with Crippen LogP contribution in [0, 0.1) is 6.92 Å². The normalized spacial score (nSPS) is 11.2. The van der Waals surface area contributed by atoms with Crippen molar-refractivity contribution in [2.75, 3.05) is 0 Å². The molecule has 0 aliphatic carbocycles. The van der Waals surface area contributed by atoms with E-state index in [9.17, 15) is 4.79 Å². The van der Waals surface area contributed by atoms with Gasteiger partial charge < -0.3 is 4.98 Å². The highest BCUT2D eigenvalue weighted by Gasteiger charge is 2.06. The molecule has 17 heavy (non-hydrogen) atoms. The molecule has 0 spiro atoms. The third-order valence-electron chi connectivity index (χ3n) is 2.98. The van der Waals surface area contributed by atoms with Gasteiger partial charge in [-0.3, -0.25) is 4.79 Å². The number of aromatic nitrogens is 1. The minimum Gasteiger partial charge on any atom is -0.354 e. The number of para-hydroxylation sites is 1. The number of hydrogen-bond donors (Lipinski definition) is 1. The molecule has 0 amide bonds. The summed E-state index contributed by atoms with van der Waals surface area (Å²) in [6.45, 7) is 1.90. The maximum absolute atomic E-state index is 12.3. The van der Waals surface area contributed by atoms with Gasteiger partial charge in [0.1, 0.15) is 0 Å². The molecule has 0 bridgehead atoms. The predicted molar refractivity (Wildman–Crippen MR) is 71.8 cm³/mol. The molecule has 3 aromatic rings. The second-order valence-electron chi connectivity index (χ2n) is 4.15. The van der Waals surface area contributed by atoms with Crippen LogP contribution in [0.1, 0.15) is 5.56 Å². The Morgan fingerprint density at radius 1 is 1.06 bits per heavy atom. The molecule has 1 aromatic heterocycles. The van der Waals surface area contributed by atoms with E-state index in [1.54, 1.807) is 6.07 Å². The Bertz CT molecular complexity index is 789. The number of rotatable bonds is 0. The van der Waals surface area contributed by atoms with Crippen LogP contribution in [0.3, 0.4) is 0 Å². The van der Waals surface area contributed by atoms with Crippen LogP contribution in [0.4, 0.5) is 0 Å². The summed E-state index contributed by atoms with van der Waals surface area (Å²) in [6.07, 6.45) is 0. The fourth-order valence-corrected chi connectivity index (χ4v) is 2.22. The van der Waals surface area contributed by atoms with Crippen LogP contribution < -0.4 is 5.43 Å². The van der Waals surface area contributed by atoms with Gasteiger partial charge in [-0.15, -0.1) is 0 Å². The monoisotopic (exact) mass is 243 g/mol. The lowest BCUT2D eigenvalue weighted by molar-refractivity contribution is 1.44. The van der Waals surface area contributed by atoms with E-state index in [4.69, 9.17) is 11.6 Å². The fourth-order valence-electron chi connectivity index (χ4n) is 2.05. The average molecular weight is 244 g/mol. The average Bonchev–Trinajstić information content (AvgIpc) is 2.32. The van der Waals surface area contributed by atoms with Gasteiger partial charge in [0.05, 0.1) is 5.52 Å². The molecule has 3 rings (SSSR count). The SMILES string of the molecule is Cc1cc2c(=O)c3ccccc3[nH]c2cc1Cl. The highest BCUT2D eigenvalue weighted by atomic mass is 35.5. The van der Waals surface area contributed by atoms with Gasteiger partial charge in [-0.1, -0.05) is 23.7 Å². The number of fused-ring (bicyclic) bond motifs is 2. The van der Waals surface area contributed by atoms with Crippen LogP contribution in [0.2, 0.25) is 5.02 Å². The van der Waals surface area contributed by atoms with Gasteiger partial charge in [0, 0.05) is 21.3 Å². The highest BCUT2D eigenvalue weighted by Crippen LogP contribution is 2.22. The summed E-state index contributed by atoms with van der Waals surface area (Å²) in [7, 11) is 0. The molecule has 0 saturated carbocycles. The first-order valence-electron chi connectivity index (χ1n) is 5.38. The number of benzene rings is 2. The van der Waals surface area contributed by atoms with Crippen molar-refractivity contribution in [3.63, 3.8) is 0 Å². The number of aromatic amines is 1. The van der Waals surface area contributed by atoms with Crippen molar-refractivity contribution in [2.45, 2.75) is 6.92 Å². The summed E-state index contributed by atoms with van der Waals surface area (Å²) < 4.78 is 0. The number of pyridine rings is 1. The maximum atomic E-state index is 12.3. The van der Waals surface area contributed by atoms with Gasteiger partial charge in [0.25, 0.3) is 0 Å². The van der Waals surface area contributed by atoms with Crippen LogP contribution in [0.25, 0.3) is 21.8 Å². The van der Waals surface area contributed by atoms with Crippen LogP contribution in [0.15, 0.2) is 41.2 Å². The Morgan fingerprint density at radius 3 is 2.65 bits per heavy atom. The van der Waals surface area contributed by atoms with E-state index in [0.717, 1.165) is 16.6 Å². The number of halogens is 1. The van der Waals surface area contributed by atoms with Crippen LogP contribution >= 0.6 is 11.6 Å². The third kappa shape index (κ3) is 1.53. The predicted octanol–water partition coefficient (Wildman–Crippen LogP) is 3.64.